The fraction of sp³-hybridized carbons (Fsp3) is 0.500. The van der Waals surface area contributed by atoms with Gasteiger partial charge in [0.05, 0.1) is 4.90 Å². The maximum atomic E-state index is 13.4. The lowest BCUT2D eigenvalue weighted by Crippen LogP contribution is -2.50. The predicted molar refractivity (Wildman–Crippen MR) is 148 cm³/mol. The summed E-state index contributed by atoms with van der Waals surface area (Å²) in [7, 11) is -3.69. The Hall–Kier alpha value is -3.31. The normalized spacial score (nSPS) is 17.5. The van der Waals surface area contributed by atoms with Crippen molar-refractivity contribution in [2.75, 3.05) is 44.2 Å². The van der Waals surface area contributed by atoms with E-state index in [0.29, 0.717) is 52.1 Å². The summed E-state index contributed by atoms with van der Waals surface area (Å²) in [4.78, 5) is 28.6. The third-order valence-corrected chi connectivity index (χ3v) is 8.64. The Morgan fingerprint density at radius 3 is 2.23 bits per heavy atom. The van der Waals surface area contributed by atoms with Gasteiger partial charge in [-0.15, -0.1) is 0 Å². The van der Waals surface area contributed by atoms with Crippen molar-refractivity contribution in [2.24, 2.45) is 0 Å². The molecule has 39 heavy (non-hydrogen) atoms. The van der Waals surface area contributed by atoms with Crippen LogP contribution in [0.1, 0.15) is 39.2 Å². The van der Waals surface area contributed by atoms with Crippen LogP contribution in [0.2, 0.25) is 0 Å². The summed E-state index contributed by atoms with van der Waals surface area (Å²) in [6.45, 7) is 8.50. The zero-order chi connectivity index (χ0) is 28.0. The van der Waals surface area contributed by atoms with Gasteiger partial charge >= 0.3 is 12.2 Å². The molecule has 2 aliphatic heterocycles. The van der Waals surface area contributed by atoms with Crippen molar-refractivity contribution in [1.29, 1.82) is 0 Å². The van der Waals surface area contributed by atoms with E-state index in [4.69, 9.17) is 9.47 Å². The minimum atomic E-state index is -3.69. The average Bonchev–Trinajstić information content (AvgIpc) is 2.92. The number of carbonyl (C=O) groups is 2. The smallest absolute Gasteiger partial charge is 0.410 e. The molecule has 2 heterocycles. The van der Waals surface area contributed by atoms with Crippen molar-refractivity contribution in [3.63, 3.8) is 0 Å². The molecular formula is C28H38N4O6S. The molecule has 1 N–H and O–H groups in total. The predicted octanol–water partition coefficient (Wildman–Crippen LogP) is 3.82. The quantitative estimate of drug-likeness (QED) is 0.574. The molecule has 0 unspecified atom stereocenters. The van der Waals surface area contributed by atoms with Crippen molar-refractivity contribution in [2.45, 2.75) is 56.8 Å². The van der Waals surface area contributed by atoms with Crippen LogP contribution in [-0.4, -0.2) is 80.7 Å². The van der Waals surface area contributed by atoms with E-state index in [1.165, 1.54) is 4.31 Å². The molecule has 2 aromatic carbocycles. The molecule has 0 saturated carbocycles. The molecule has 0 bridgehead atoms. The van der Waals surface area contributed by atoms with Gasteiger partial charge in [0.1, 0.15) is 12.2 Å². The Bertz CT molecular complexity index is 1230. The number of carbonyl (C=O) groups excluding carboxylic acids is 2. The van der Waals surface area contributed by atoms with Gasteiger partial charge in [-0.25, -0.2) is 18.0 Å². The summed E-state index contributed by atoms with van der Waals surface area (Å²) in [6.07, 6.45) is 0.179. The summed E-state index contributed by atoms with van der Waals surface area (Å²) in [6, 6.07) is 16.2. The van der Waals surface area contributed by atoms with Crippen molar-refractivity contribution < 1.29 is 27.5 Å². The zero-order valence-corrected chi connectivity index (χ0v) is 23.7. The number of anilines is 1. The number of hydrogen-bond acceptors (Lipinski definition) is 7. The molecule has 2 saturated heterocycles. The van der Waals surface area contributed by atoms with Crippen LogP contribution in [0.3, 0.4) is 0 Å². The summed E-state index contributed by atoms with van der Waals surface area (Å²) in [5, 5.41) is 2.85. The van der Waals surface area contributed by atoms with Crippen LogP contribution in [0.4, 0.5) is 15.3 Å². The molecule has 212 valence electrons. The van der Waals surface area contributed by atoms with Crippen molar-refractivity contribution in [1.82, 2.24) is 14.5 Å². The lowest BCUT2D eigenvalue weighted by atomic mass is 10.1. The van der Waals surface area contributed by atoms with Gasteiger partial charge in [0.15, 0.2) is 0 Å². The summed E-state index contributed by atoms with van der Waals surface area (Å²) < 4.78 is 39.0. The molecule has 0 aromatic heterocycles. The van der Waals surface area contributed by atoms with Gasteiger partial charge < -0.3 is 24.6 Å². The highest BCUT2D eigenvalue weighted by molar-refractivity contribution is 7.89. The van der Waals surface area contributed by atoms with Crippen LogP contribution < -0.4 is 10.2 Å². The number of nitrogens with zero attached hydrogens (tertiary/aromatic N) is 3. The van der Waals surface area contributed by atoms with E-state index >= 15 is 0 Å². The first kappa shape index (κ1) is 28.7. The number of nitrogens with one attached hydrogen (secondary N) is 1. The Morgan fingerprint density at radius 1 is 0.923 bits per heavy atom. The number of sulfonamides is 1. The minimum Gasteiger partial charge on any atom is -0.445 e. The molecule has 0 spiro atoms. The summed E-state index contributed by atoms with van der Waals surface area (Å²) in [5.41, 5.74) is 1.16. The second-order valence-corrected chi connectivity index (χ2v) is 12.8. The van der Waals surface area contributed by atoms with Crippen LogP contribution in [-0.2, 0) is 26.1 Å². The van der Waals surface area contributed by atoms with Gasteiger partial charge in [-0.1, -0.05) is 36.4 Å². The van der Waals surface area contributed by atoms with Gasteiger partial charge in [0, 0.05) is 51.0 Å². The fourth-order valence-electron chi connectivity index (χ4n) is 4.64. The highest BCUT2D eigenvalue weighted by atomic mass is 32.2. The Balaban J connectivity index is 1.28. The third kappa shape index (κ3) is 7.86. The summed E-state index contributed by atoms with van der Waals surface area (Å²) in [5.74, 6) is 0. The Morgan fingerprint density at radius 2 is 1.59 bits per heavy atom. The van der Waals surface area contributed by atoms with Crippen LogP contribution in [0, 0.1) is 0 Å². The number of alkyl carbamates (subject to hydrolysis) is 1. The van der Waals surface area contributed by atoms with Gasteiger partial charge in [-0.05, 0) is 57.4 Å². The number of piperidine rings is 1. The lowest BCUT2D eigenvalue weighted by Gasteiger charge is -2.37. The number of benzene rings is 2. The SMILES string of the molecule is CC(C)(C)OC(=O)N1CCN(c2cccc(S(=O)(=O)N3CCC(NC(=O)OCc4ccccc4)CC3)c2)CC1. The molecule has 2 fully saturated rings. The zero-order valence-electron chi connectivity index (χ0n) is 22.8. The second-order valence-electron chi connectivity index (χ2n) is 10.8. The number of rotatable bonds is 6. The van der Waals surface area contributed by atoms with E-state index in [9.17, 15) is 18.0 Å². The molecule has 2 aromatic rings. The monoisotopic (exact) mass is 558 g/mol. The topological polar surface area (TPSA) is 108 Å². The maximum Gasteiger partial charge on any atom is 0.410 e. The largest absolute Gasteiger partial charge is 0.445 e. The van der Waals surface area contributed by atoms with Crippen molar-refractivity contribution in [3.8, 4) is 0 Å². The van der Waals surface area contributed by atoms with Gasteiger partial charge in [-0.3, -0.25) is 0 Å². The first-order valence-electron chi connectivity index (χ1n) is 13.3. The van der Waals surface area contributed by atoms with E-state index in [1.807, 2.05) is 57.2 Å². The highest BCUT2D eigenvalue weighted by Crippen LogP contribution is 2.26. The van der Waals surface area contributed by atoms with E-state index < -0.39 is 21.7 Å². The van der Waals surface area contributed by atoms with Crippen LogP contribution in [0.25, 0.3) is 0 Å². The molecule has 2 aliphatic rings. The Labute approximate surface area is 230 Å². The van der Waals surface area contributed by atoms with Crippen LogP contribution in [0.15, 0.2) is 59.5 Å². The standard InChI is InChI=1S/C28H38N4O6S/c1-28(2,3)38-27(34)31-18-16-30(17-19-31)24-10-7-11-25(20-24)39(35,36)32-14-12-23(13-15-32)29-26(33)37-21-22-8-5-4-6-9-22/h4-11,20,23H,12-19,21H2,1-3H3,(H,29,33). The number of ether oxygens (including phenoxy) is 2. The Kier molecular flexibility index (Phi) is 9.01. The van der Waals surface area contributed by atoms with E-state index in [0.717, 1.165) is 11.3 Å². The molecule has 4 rings (SSSR count). The molecule has 0 aliphatic carbocycles. The lowest BCUT2D eigenvalue weighted by molar-refractivity contribution is 0.0240. The van der Waals surface area contributed by atoms with Gasteiger partial charge in [0.25, 0.3) is 0 Å². The summed E-state index contributed by atoms with van der Waals surface area (Å²) >= 11 is 0. The van der Waals surface area contributed by atoms with Gasteiger partial charge in [0.2, 0.25) is 10.0 Å². The van der Waals surface area contributed by atoms with Crippen molar-refractivity contribution in [3.05, 3.63) is 60.2 Å². The fourth-order valence-corrected chi connectivity index (χ4v) is 6.15. The number of amides is 2. The highest BCUT2D eigenvalue weighted by Gasteiger charge is 2.31. The number of hydrogen-bond donors (Lipinski definition) is 1. The molecule has 0 atom stereocenters. The molecule has 11 heteroatoms. The number of piperazine rings is 1. The first-order chi connectivity index (χ1) is 18.5. The maximum absolute atomic E-state index is 13.4. The molecule has 2 amide bonds. The van der Waals surface area contributed by atoms with E-state index in [1.54, 1.807) is 23.1 Å². The van der Waals surface area contributed by atoms with Crippen molar-refractivity contribution >= 4 is 27.9 Å². The molecule has 10 nitrogen and oxygen atoms in total. The minimum absolute atomic E-state index is 0.146. The first-order valence-corrected chi connectivity index (χ1v) is 14.8. The van der Waals surface area contributed by atoms with Gasteiger partial charge in [-0.2, -0.15) is 4.31 Å². The second kappa shape index (κ2) is 12.3. The van der Waals surface area contributed by atoms with E-state index in [2.05, 4.69) is 10.2 Å². The molecule has 0 radical (unpaired) electrons. The van der Waals surface area contributed by atoms with E-state index in [-0.39, 0.29) is 23.6 Å². The molecular weight excluding hydrogens is 520 g/mol. The average molecular weight is 559 g/mol. The van der Waals surface area contributed by atoms with Crippen LogP contribution >= 0.6 is 0 Å². The third-order valence-electron chi connectivity index (χ3n) is 6.74. The van der Waals surface area contributed by atoms with Crippen LogP contribution in [0.5, 0.6) is 0 Å².